The lowest BCUT2D eigenvalue weighted by Gasteiger charge is -2.35. The quantitative estimate of drug-likeness (QED) is 0.130. The number of aliphatic hydroxyl groups excluding tert-OH is 1. The number of nitrogens with two attached hydrogens (primary N) is 2. The van der Waals surface area contributed by atoms with Gasteiger partial charge in [0.15, 0.2) is 0 Å². The topological polar surface area (TPSA) is 190 Å². The number of hydrogen-bond donors (Lipinski definition) is 5. The summed E-state index contributed by atoms with van der Waals surface area (Å²) in [5.41, 5.74) is 15.2. The van der Waals surface area contributed by atoms with Gasteiger partial charge in [0.2, 0.25) is 23.6 Å². The minimum Gasteiger partial charge on any atom is -0.391 e. The van der Waals surface area contributed by atoms with Gasteiger partial charge in [0.1, 0.15) is 12.1 Å². The summed E-state index contributed by atoms with van der Waals surface area (Å²) in [5, 5.41) is 16.3. The van der Waals surface area contributed by atoms with Crippen molar-refractivity contribution >= 4 is 35.0 Å². The van der Waals surface area contributed by atoms with Crippen LogP contribution in [0.15, 0.2) is 29.8 Å². The molecule has 2 aromatic rings. The fourth-order valence-electron chi connectivity index (χ4n) is 5.86. The molecule has 4 unspecified atom stereocenters. The molecule has 1 saturated heterocycles. The number of carbonyl (C=O) groups excluding carboxylic acids is 4. The highest BCUT2D eigenvalue weighted by Crippen LogP contribution is 2.28. The first-order valence-corrected chi connectivity index (χ1v) is 18.3. The number of rotatable bonds is 20. The number of carbonyl (C=O) groups is 4. The minimum absolute atomic E-state index is 0.0371. The van der Waals surface area contributed by atoms with Crippen molar-refractivity contribution in [3.63, 3.8) is 0 Å². The van der Waals surface area contributed by atoms with Crippen LogP contribution < -0.4 is 22.1 Å². The lowest BCUT2D eigenvalue weighted by atomic mass is 9.85. The molecule has 1 aromatic heterocycles. The lowest BCUT2D eigenvalue weighted by molar-refractivity contribution is -0.144. The van der Waals surface area contributed by atoms with Gasteiger partial charge in [-0.2, -0.15) is 0 Å². The smallest absolute Gasteiger partial charge is 0.246 e. The Morgan fingerprint density at radius 3 is 2.37 bits per heavy atom. The highest BCUT2D eigenvalue weighted by Gasteiger charge is 2.44. The van der Waals surface area contributed by atoms with E-state index in [1.807, 2.05) is 57.5 Å². The first kappa shape index (κ1) is 40.0. The number of nitrogens with zero attached hydrogens (tertiary/aromatic N) is 2. The number of unbranched alkanes of at least 4 members (excludes halogenated alkanes) is 5. The van der Waals surface area contributed by atoms with Gasteiger partial charge >= 0.3 is 0 Å². The van der Waals surface area contributed by atoms with Crippen LogP contribution in [-0.2, 0) is 30.5 Å². The largest absolute Gasteiger partial charge is 0.391 e. The maximum absolute atomic E-state index is 13.8. The number of β-amino-alcohol motifs (C(OH)–C–C–N with tert-alkyl or cyclic N) is 1. The molecular weight excluding hydrogens is 644 g/mol. The number of aryl methyl sites for hydroxylation is 1. The molecule has 0 radical (unpaired) electrons. The van der Waals surface area contributed by atoms with Crippen LogP contribution in [0, 0.1) is 12.3 Å². The van der Waals surface area contributed by atoms with Crippen LogP contribution in [0.25, 0.3) is 10.4 Å². The zero-order valence-corrected chi connectivity index (χ0v) is 30.4. The molecule has 1 fully saturated rings. The van der Waals surface area contributed by atoms with Gasteiger partial charge in [-0.1, -0.05) is 70.7 Å². The Morgan fingerprint density at radius 2 is 1.73 bits per heavy atom. The third-order valence-electron chi connectivity index (χ3n) is 8.75. The van der Waals surface area contributed by atoms with E-state index in [9.17, 15) is 24.3 Å². The van der Waals surface area contributed by atoms with Crippen LogP contribution in [0.4, 0.5) is 0 Å². The Bertz CT molecular complexity index is 1360. The van der Waals surface area contributed by atoms with Gasteiger partial charge in [-0.05, 0) is 42.7 Å². The normalized spacial score (nSPS) is 17.5. The van der Waals surface area contributed by atoms with Crippen LogP contribution in [0.2, 0.25) is 0 Å². The second-order valence-corrected chi connectivity index (χ2v) is 15.0. The third kappa shape index (κ3) is 13.4. The van der Waals surface area contributed by atoms with Crippen LogP contribution in [-0.4, -0.2) is 82.6 Å². The van der Waals surface area contributed by atoms with Crippen molar-refractivity contribution in [1.82, 2.24) is 20.5 Å². The van der Waals surface area contributed by atoms with E-state index < -0.39 is 23.6 Å². The van der Waals surface area contributed by atoms with Crippen molar-refractivity contribution in [2.45, 2.75) is 123 Å². The number of thiazole rings is 1. The molecule has 12 nitrogen and oxygen atoms in total. The molecule has 13 heteroatoms. The van der Waals surface area contributed by atoms with Crippen molar-refractivity contribution in [2.24, 2.45) is 16.9 Å². The summed E-state index contributed by atoms with van der Waals surface area (Å²) in [6.45, 7) is 8.98. The number of hydrogen-bond acceptors (Lipinski definition) is 9. The fourth-order valence-corrected chi connectivity index (χ4v) is 6.67. The fraction of sp³-hybridized carbons (Fsp3) is 0.639. The SMILES string of the molecule is Cc1ncsc1-c1ccc(CNC(=O)C2CC(O)CN2C(=O)C(NC(=O)CCCCCCCCOCC(N)CCC(N)=O)C(C)(C)C)cc1. The summed E-state index contributed by atoms with van der Waals surface area (Å²) >= 11 is 1.58. The molecule has 0 saturated carbocycles. The van der Waals surface area contributed by atoms with Crippen LogP contribution in [0.1, 0.15) is 96.2 Å². The Kier molecular flexibility index (Phi) is 16.1. The molecular formula is C36H56N6O6S. The predicted molar refractivity (Wildman–Crippen MR) is 191 cm³/mol. The maximum Gasteiger partial charge on any atom is 0.246 e. The minimum atomic E-state index is -0.841. The molecule has 49 heavy (non-hydrogen) atoms. The average molecular weight is 701 g/mol. The predicted octanol–water partition coefficient (Wildman–Crippen LogP) is 3.57. The van der Waals surface area contributed by atoms with Gasteiger partial charge in [0, 0.05) is 45.0 Å². The molecule has 4 atom stereocenters. The van der Waals surface area contributed by atoms with Crippen molar-refractivity contribution in [3.8, 4) is 10.4 Å². The Morgan fingerprint density at radius 1 is 1.06 bits per heavy atom. The molecule has 7 N–H and O–H groups in total. The van der Waals surface area contributed by atoms with E-state index in [0.717, 1.165) is 53.8 Å². The molecule has 3 rings (SSSR count). The van der Waals surface area contributed by atoms with E-state index in [0.29, 0.717) is 32.5 Å². The van der Waals surface area contributed by atoms with Crippen molar-refractivity contribution < 1.29 is 29.0 Å². The molecule has 4 amide bonds. The second kappa shape index (κ2) is 19.7. The standard InChI is InChI=1S/C36H56N6O6S/c1-24-32(49-23-40-24)26-14-12-25(13-15-26)20-39-34(46)29-19-28(43)21-42(29)35(47)33(36(2,3)4)41-31(45)11-9-7-5-6-8-10-18-48-22-27(37)16-17-30(38)44/h12-15,23,27-29,33,43H,5-11,16-22,37H2,1-4H3,(H2,38,44)(H,39,46)(H,41,45). The summed E-state index contributed by atoms with van der Waals surface area (Å²) < 4.78 is 5.58. The molecule has 0 bridgehead atoms. The summed E-state index contributed by atoms with van der Waals surface area (Å²) in [7, 11) is 0. The third-order valence-corrected chi connectivity index (χ3v) is 9.73. The number of ether oxygens (including phenoxy) is 1. The van der Waals surface area contributed by atoms with E-state index in [4.69, 9.17) is 16.2 Å². The summed E-state index contributed by atoms with van der Waals surface area (Å²) in [4.78, 5) is 57.8. The van der Waals surface area contributed by atoms with Crippen molar-refractivity contribution in [2.75, 3.05) is 19.8 Å². The number of likely N-dealkylation sites (tertiary alicyclic amines) is 1. The number of aromatic nitrogens is 1. The molecule has 272 valence electrons. The lowest BCUT2D eigenvalue weighted by Crippen LogP contribution is -2.57. The first-order valence-electron chi connectivity index (χ1n) is 17.4. The van der Waals surface area contributed by atoms with Crippen LogP contribution >= 0.6 is 11.3 Å². The van der Waals surface area contributed by atoms with E-state index in [1.54, 1.807) is 11.3 Å². The van der Waals surface area contributed by atoms with Crippen LogP contribution in [0.5, 0.6) is 0 Å². The first-order chi connectivity index (χ1) is 23.3. The molecule has 0 aliphatic carbocycles. The van der Waals surface area contributed by atoms with E-state index in [2.05, 4.69) is 15.6 Å². The Hall–Kier alpha value is -3.39. The summed E-state index contributed by atoms with van der Waals surface area (Å²) in [5.74, 6) is -1.25. The number of primary amides is 1. The molecule has 0 spiro atoms. The van der Waals surface area contributed by atoms with Crippen LogP contribution in [0.3, 0.4) is 0 Å². The average Bonchev–Trinajstić information content (AvgIpc) is 3.66. The molecule has 2 heterocycles. The van der Waals surface area contributed by atoms with Gasteiger partial charge in [0.05, 0.1) is 28.8 Å². The van der Waals surface area contributed by atoms with Gasteiger partial charge in [-0.25, -0.2) is 4.98 Å². The second-order valence-electron chi connectivity index (χ2n) is 14.2. The van der Waals surface area contributed by atoms with Gasteiger partial charge in [0.25, 0.3) is 0 Å². The molecule has 1 aliphatic rings. The van der Waals surface area contributed by atoms with Crippen molar-refractivity contribution in [3.05, 3.63) is 41.0 Å². The zero-order valence-electron chi connectivity index (χ0n) is 29.5. The molecule has 1 aromatic carbocycles. The van der Waals surface area contributed by atoms with Crippen molar-refractivity contribution in [1.29, 1.82) is 0 Å². The maximum atomic E-state index is 13.8. The van der Waals surface area contributed by atoms with Gasteiger partial charge < -0.3 is 36.8 Å². The highest BCUT2D eigenvalue weighted by molar-refractivity contribution is 7.13. The Labute approximate surface area is 294 Å². The van der Waals surface area contributed by atoms with E-state index in [-0.39, 0.29) is 55.6 Å². The number of nitrogens with one attached hydrogen (secondary N) is 2. The zero-order chi connectivity index (χ0) is 36.0. The van der Waals surface area contributed by atoms with E-state index >= 15 is 0 Å². The Balaban J connectivity index is 1.40. The monoisotopic (exact) mass is 700 g/mol. The summed E-state index contributed by atoms with van der Waals surface area (Å²) in [6.07, 6.45) is 5.98. The molecule has 1 aliphatic heterocycles. The summed E-state index contributed by atoms with van der Waals surface area (Å²) in [6, 6.07) is 6.06. The van der Waals surface area contributed by atoms with Gasteiger partial charge in [-0.15, -0.1) is 11.3 Å². The van der Waals surface area contributed by atoms with Gasteiger partial charge in [-0.3, -0.25) is 19.2 Å². The van der Waals surface area contributed by atoms with E-state index in [1.165, 1.54) is 4.90 Å². The highest BCUT2D eigenvalue weighted by atomic mass is 32.1. The number of aliphatic hydroxyl groups is 1. The number of amides is 4. The number of benzene rings is 1.